The molecule has 0 atom stereocenters. The molecule has 0 unspecified atom stereocenters. The number of nitrogens with zero attached hydrogens (tertiary/aromatic N) is 2. The third-order valence-corrected chi connectivity index (χ3v) is 3.54. The Hall–Kier alpha value is -1.99. The Morgan fingerprint density at radius 1 is 1.48 bits per heavy atom. The molecule has 0 saturated carbocycles. The summed E-state index contributed by atoms with van der Waals surface area (Å²) in [4.78, 5) is 26.4. The van der Waals surface area contributed by atoms with Gasteiger partial charge in [-0.3, -0.25) is 14.9 Å². The summed E-state index contributed by atoms with van der Waals surface area (Å²) in [6, 6.07) is 5.98. The third kappa shape index (κ3) is 3.37. The summed E-state index contributed by atoms with van der Waals surface area (Å²) in [5, 5.41) is 13.5. The van der Waals surface area contributed by atoms with Crippen LogP contribution in [0.5, 0.6) is 0 Å². The zero-order valence-corrected chi connectivity index (χ0v) is 13.1. The molecule has 1 N–H and O–H groups in total. The number of nitro benzene ring substituents is 1. The van der Waals surface area contributed by atoms with Crippen LogP contribution in [0.4, 0.5) is 11.4 Å². The normalized spacial score (nSPS) is 10.2. The van der Waals surface area contributed by atoms with Crippen molar-refractivity contribution in [2.75, 3.05) is 5.32 Å². The Labute approximate surface area is 133 Å². The van der Waals surface area contributed by atoms with Gasteiger partial charge in [0.2, 0.25) is 0 Å². The van der Waals surface area contributed by atoms with Gasteiger partial charge in [-0.15, -0.1) is 0 Å². The molecule has 1 amide bonds. The molecule has 0 aliphatic carbocycles. The van der Waals surface area contributed by atoms with Crippen LogP contribution in [-0.4, -0.2) is 15.8 Å². The quantitative estimate of drug-likeness (QED) is 0.503. The monoisotopic (exact) mass is 369 g/mol. The number of rotatable bonds is 3. The predicted octanol–water partition coefficient (Wildman–Crippen LogP) is 3.97. The average Bonchev–Trinajstić information content (AvgIpc) is 2.43. The van der Waals surface area contributed by atoms with Crippen molar-refractivity contribution in [1.82, 2.24) is 4.98 Å². The molecule has 6 nitrogen and oxygen atoms in total. The van der Waals surface area contributed by atoms with E-state index in [0.29, 0.717) is 15.7 Å². The number of amides is 1. The van der Waals surface area contributed by atoms with Crippen molar-refractivity contribution in [3.8, 4) is 0 Å². The number of halogens is 2. The van der Waals surface area contributed by atoms with Crippen LogP contribution in [0.25, 0.3) is 0 Å². The predicted molar refractivity (Wildman–Crippen MR) is 82.7 cm³/mol. The van der Waals surface area contributed by atoms with Crippen molar-refractivity contribution in [2.24, 2.45) is 0 Å². The highest BCUT2D eigenvalue weighted by molar-refractivity contribution is 9.10. The lowest BCUT2D eigenvalue weighted by atomic mass is 10.1. The minimum absolute atomic E-state index is 0.0544. The van der Waals surface area contributed by atoms with Crippen molar-refractivity contribution >= 4 is 44.8 Å². The largest absolute Gasteiger partial charge is 0.321 e. The van der Waals surface area contributed by atoms with Crippen molar-refractivity contribution < 1.29 is 9.72 Å². The Bertz CT molecular complexity index is 737. The first-order chi connectivity index (χ1) is 9.90. The number of aromatic nitrogens is 1. The highest BCUT2D eigenvalue weighted by atomic mass is 79.9. The molecule has 0 fully saturated rings. The van der Waals surface area contributed by atoms with E-state index in [2.05, 4.69) is 26.2 Å². The second-order valence-electron chi connectivity index (χ2n) is 4.15. The number of hydrogen-bond donors (Lipinski definition) is 1. The molecule has 0 bridgehead atoms. The fourth-order valence-corrected chi connectivity index (χ4v) is 2.25. The number of pyridine rings is 1. The van der Waals surface area contributed by atoms with E-state index in [0.717, 1.165) is 0 Å². The van der Waals surface area contributed by atoms with Gasteiger partial charge in [0, 0.05) is 16.7 Å². The summed E-state index contributed by atoms with van der Waals surface area (Å²) < 4.78 is 0.604. The molecule has 0 aliphatic rings. The minimum Gasteiger partial charge on any atom is -0.321 e. The van der Waals surface area contributed by atoms with Crippen molar-refractivity contribution in [3.05, 3.63) is 61.3 Å². The number of benzene rings is 1. The van der Waals surface area contributed by atoms with Gasteiger partial charge in [0.05, 0.1) is 21.7 Å². The van der Waals surface area contributed by atoms with Crippen molar-refractivity contribution in [1.29, 1.82) is 0 Å². The van der Waals surface area contributed by atoms with E-state index >= 15 is 0 Å². The molecule has 1 heterocycles. The fourth-order valence-electron chi connectivity index (χ4n) is 1.73. The molecule has 2 aromatic rings. The molecule has 8 heteroatoms. The Morgan fingerprint density at radius 2 is 2.19 bits per heavy atom. The highest BCUT2D eigenvalue weighted by Crippen LogP contribution is 2.26. The van der Waals surface area contributed by atoms with E-state index in [1.807, 2.05) is 0 Å². The summed E-state index contributed by atoms with van der Waals surface area (Å²) in [5.41, 5.74) is 0.836. The van der Waals surface area contributed by atoms with Crippen LogP contribution in [0.1, 0.15) is 15.9 Å². The van der Waals surface area contributed by atoms with Gasteiger partial charge in [0.1, 0.15) is 5.15 Å². The van der Waals surface area contributed by atoms with Crippen LogP contribution in [-0.2, 0) is 0 Å². The molecule has 0 aliphatic heterocycles. The van der Waals surface area contributed by atoms with E-state index < -0.39 is 10.8 Å². The van der Waals surface area contributed by atoms with E-state index in [1.54, 1.807) is 13.0 Å². The van der Waals surface area contributed by atoms with Gasteiger partial charge in [0.25, 0.3) is 11.6 Å². The van der Waals surface area contributed by atoms with Gasteiger partial charge in [-0.05, 0) is 35.0 Å². The van der Waals surface area contributed by atoms with Crippen LogP contribution < -0.4 is 5.32 Å². The van der Waals surface area contributed by atoms with Gasteiger partial charge >= 0.3 is 0 Å². The van der Waals surface area contributed by atoms with E-state index in [1.165, 1.54) is 24.4 Å². The SMILES string of the molecule is Cc1c(NC(=O)c2cc(Br)cnc2Cl)cccc1[N+](=O)[O-]. The summed E-state index contributed by atoms with van der Waals surface area (Å²) in [6.07, 6.45) is 1.47. The topological polar surface area (TPSA) is 85.1 Å². The molecule has 0 saturated heterocycles. The molecular weight excluding hydrogens is 362 g/mol. The maximum atomic E-state index is 12.2. The summed E-state index contributed by atoms with van der Waals surface area (Å²) in [5.74, 6) is -0.489. The third-order valence-electron chi connectivity index (χ3n) is 2.80. The molecule has 1 aromatic heterocycles. The maximum absolute atomic E-state index is 12.2. The van der Waals surface area contributed by atoms with Gasteiger partial charge < -0.3 is 5.32 Å². The molecule has 0 radical (unpaired) electrons. The Balaban J connectivity index is 2.34. The van der Waals surface area contributed by atoms with Crippen LogP contribution in [0.15, 0.2) is 34.9 Å². The lowest BCUT2D eigenvalue weighted by molar-refractivity contribution is -0.385. The molecule has 108 valence electrons. The van der Waals surface area contributed by atoms with Gasteiger partial charge in [-0.1, -0.05) is 17.7 Å². The van der Waals surface area contributed by atoms with E-state index in [9.17, 15) is 14.9 Å². The van der Waals surface area contributed by atoms with Crippen LogP contribution in [0.3, 0.4) is 0 Å². The first-order valence-electron chi connectivity index (χ1n) is 5.76. The first-order valence-corrected chi connectivity index (χ1v) is 6.93. The van der Waals surface area contributed by atoms with E-state index in [4.69, 9.17) is 11.6 Å². The zero-order valence-electron chi connectivity index (χ0n) is 10.8. The number of carbonyl (C=O) groups is 1. The highest BCUT2D eigenvalue weighted by Gasteiger charge is 2.17. The van der Waals surface area contributed by atoms with E-state index in [-0.39, 0.29) is 16.4 Å². The van der Waals surface area contributed by atoms with Crippen LogP contribution in [0, 0.1) is 17.0 Å². The van der Waals surface area contributed by atoms with Crippen molar-refractivity contribution in [2.45, 2.75) is 6.92 Å². The lowest BCUT2D eigenvalue weighted by Gasteiger charge is -2.09. The Kier molecular flexibility index (Phi) is 4.54. The minimum atomic E-state index is -0.501. The second kappa shape index (κ2) is 6.19. The molecule has 21 heavy (non-hydrogen) atoms. The maximum Gasteiger partial charge on any atom is 0.274 e. The number of hydrogen-bond acceptors (Lipinski definition) is 4. The lowest BCUT2D eigenvalue weighted by Crippen LogP contribution is -2.14. The average molecular weight is 371 g/mol. The standard InChI is InChI=1S/C13H9BrClN3O3/c1-7-10(3-2-4-11(7)18(20)21)17-13(19)9-5-8(14)6-16-12(9)15/h2-6H,1H3,(H,17,19). The number of nitrogens with one attached hydrogen (secondary N) is 1. The van der Waals surface area contributed by atoms with Gasteiger partial charge in [-0.25, -0.2) is 4.98 Å². The summed E-state index contributed by atoms with van der Waals surface area (Å²) in [6.45, 7) is 1.56. The molecule has 0 spiro atoms. The second-order valence-corrected chi connectivity index (χ2v) is 5.43. The number of anilines is 1. The van der Waals surface area contributed by atoms with Gasteiger partial charge in [0.15, 0.2) is 0 Å². The number of carbonyl (C=O) groups excluding carboxylic acids is 1. The molecule has 2 rings (SSSR count). The first kappa shape index (κ1) is 15.4. The number of nitro groups is 1. The van der Waals surface area contributed by atoms with Crippen LogP contribution in [0.2, 0.25) is 5.15 Å². The van der Waals surface area contributed by atoms with Crippen molar-refractivity contribution in [3.63, 3.8) is 0 Å². The Morgan fingerprint density at radius 3 is 2.86 bits per heavy atom. The molecule has 1 aromatic carbocycles. The summed E-state index contributed by atoms with van der Waals surface area (Å²) in [7, 11) is 0. The zero-order chi connectivity index (χ0) is 15.6. The fraction of sp³-hybridized carbons (Fsp3) is 0.0769. The van der Waals surface area contributed by atoms with Crippen LogP contribution >= 0.6 is 27.5 Å². The molecular formula is C13H9BrClN3O3. The van der Waals surface area contributed by atoms with Gasteiger partial charge in [-0.2, -0.15) is 0 Å². The summed E-state index contributed by atoms with van der Waals surface area (Å²) >= 11 is 9.08. The smallest absolute Gasteiger partial charge is 0.274 e.